The molecule has 28 heavy (non-hydrogen) atoms. The van der Waals surface area contributed by atoms with Gasteiger partial charge < -0.3 is 10.1 Å². The maximum Gasteiger partial charge on any atom is 0.311 e. The van der Waals surface area contributed by atoms with E-state index in [1.165, 1.54) is 0 Å². The van der Waals surface area contributed by atoms with E-state index in [1.807, 2.05) is 30.3 Å². The first kappa shape index (κ1) is 19.3. The number of amides is 1. The summed E-state index contributed by atoms with van der Waals surface area (Å²) in [6.07, 6.45) is -0.0692. The van der Waals surface area contributed by atoms with Crippen molar-refractivity contribution in [2.75, 3.05) is 6.61 Å². The monoisotopic (exact) mass is 379 g/mol. The van der Waals surface area contributed by atoms with Crippen LogP contribution >= 0.6 is 0 Å². The number of aromatic nitrogens is 2. The van der Waals surface area contributed by atoms with Crippen LogP contribution in [0, 0.1) is 0 Å². The third kappa shape index (κ3) is 4.62. The summed E-state index contributed by atoms with van der Waals surface area (Å²) in [5.41, 5.74) is 0.986. The van der Waals surface area contributed by atoms with Crippen LogP contribution in [0.5, 0.6) is 0 Å². The van der Waals surface area contributed by atoms with Gasteiger partial charge in [0.25, 0.3) is 5.56 Å². The molecule has 0 fully saturated rings. The van der Waals surface area contributed by atoms with Gasteiger partial charge in [0.05, 0.1) is 24.1 Å². The Hall–Kier alpha value is -3.48. The van der Waals surface area contributed by atoms with Gasteiger partial charge in [-0.3, -0.25) is 14.4 Å². The number of hydrogen-bond acceptors (Lipinski definition) is 5. The fourth-order valence-corrected chi connectivity index (χ4v) is 2.88. The Kier molecular flexibility index (Phi) is 6.16. The van der Waals surface area contributed by atoms with Crippen LogP contribution in [0.15, 0.2) is 59.4 Å². The number of nitrogens with one attached hydrogen (secondary N) is 1. The van der Waals surface area contributed by atoms with E-state index in [2.05, 4.69) is 10.4 Å². The number of esters is 1. The van der Waals surface area contributed by atoms with Crippen molar-refractivity contribution in [3.63, 3.8) is 0 Å². The van der Waals surface area contributed by atoms with E-state index in [9.17, 15) is 14.4 Å². The van der Waals surface area contributed by atoms with Gasteiger partial charge in [-0.2, -0.15) is 5.10 Å². The molecular weight excluding hydrogens is 358 g/mol. The van der Waals surface area contributed by atoms with E-state index in [0.29, 0.717) is 23.0 Å². The zero-order chi connectivity index (χ0) is 19.9. The Labute approximate surface area is 161 Å². The Balaban J connectivity index is 1.83. The molecule has 0 radical (unpaired) electrons. The largest absolute Gasteiger partial charge is 0.466 e. The van der Waals surface area contributed by atoms with Crippen LogP contribution in [0.3, 0.4) is 0 Å². The minimum Gasteiger partial charge on any atom is -0.466 e. The standard InChI is InChI=1S/C21H21N3O4/c1-2-28-20(26)12-18-16-10-6-7-11-17(16)21(27)24(23-18)14-19(25)22-13-15-8-4-3-5-9-15/h3-11H,2,12-14H2,1H3,(H,22,25). The van der Waals surface area contributed by atoms with Gasteiger partial charge in [-0.15, -0.1) is 0 Å². The highest BCUT2D eigenvalue weighted by atomic mass is 16.5. The van der Waals surface area contributed by atoms with Gasteiger partial charge in [-0.25, -0.2) is 4.68 Å². The van der Waals surface area contributed by atoms with Crippen molar-refractivity contribution < 1.29 is 14.3 Å². The number of fused-ring (bicyclic) bond motifs is 1. The summed E-state index contributed by atoms with van der Waals surface area (Å²) in [7, 11) is 0. The second kappa shape index (κ2) is 8.94. The Morgan fingerprint density at radius 2 is 1.71 bits per heavy atom. The molecule has 0 unspecified atom stereocenters. The third-order valence-electron chi connectivity index (χ3n) is 4.19. The normalized spacial score (nSPS) is 10.6. The molecule has 0 atom stereocenters. The topological polar surface area (TPSA) is 90.3 Å². The number of nitrogens with zero attached hydrogens (tertiary/aromatic N) is 2. The number of benzene rings is 2. The first-order valence-corrected chi connectivity index (χ1v) is 9.03. The lowest BCUT2D eigenvalue weighted by Crippen LogP contribution is -2.34. The van der Waals surface area contributed by atoms with E-state index >= 15 is 0 Å². The van der Waals surface area contributed by atoms with Gasteiger partial charge in [-0.1, -0.05) is 48.5 Å². The molecule has 0 aliphatic rings. The summed E-state index contributed by atoms with van der Waals surface area (Å²) in [6, 6.07) is 16.4. The Morgan fingerprint density at radius 1 is 1.04 bits per heavy atom. The predicted octanol–water partition coefficient (Wildman–Crippen LogP) is 1.82. The zero-order valence-electron chi connectivity index (χ0n) is 15.6. The van der Waals surface area contributed by atoms with Crippen LogP contribution in [0.1, 0.15) is 18.2 Å². The van der Waals surface area contributed by atoms with Crippen LogP contribution in [0.25, 0.3) is 10.8 Å². The molecule has 0 saturated heterocycles. The summed E-state index contributed by atoms with van der Waals surface area (Å²) < 4.78 is 6.08. The molecule has 0 bridgehead atoms. The molecule has 3 rings (SSSR count). The molecule has 144 valence electrons. The zero-order valence-corrected chi connectivity index (χ0v) is 15.6. The molecule has 1 N–H and O–H groups in total. The second-order valence-electron chi connectivity index (χ2n) is 6.20. The second-order valence-corrected chi connectivity index (χ2v) is 6.20. The molecule has 1 amide bonds. The Morgan fingerprint density at radius 3 is 2.43 bits per heavy atom. The van der Waals surface area contributed by atoms with E-state index < -0.39 is 5.97 Å². The molecule has 1 aromatic heterocycles. The van der Waals surface area contributed by atoms with Gasteiger partial charge in [0, 0.05) is 11.9 Å². The van der Waals surface area contributed by atoms with Gasteiger partial charge in [-0.05, 0) is 18.6 Å². The van der Waals surface area contributed by atoms with Crippen LogP contribution in [0.2, 0.25) is 0 Å². The first-order valence-electron chi connectivity index (χ1n) is 9.03. The minimum atomic E-state index is -0.432. The van der Waals surface area contributed by atoms with Gasteiger partial charge in [0.2, 0.25) is 5.91 Å². The lowest BCUT2D eigenvalue weighted by atomic mass is 10.1. The molecule has 1 heterocycles. The van der Waals surface area contributed by atoms with Crippen LogP contribution in [0.4, 0.5) is 0 Å². The molecule has 2 aromatic carbocycles. The van der Waals surface area contributed by atoms with Crippen molar-refractivity contribution in [2.24, 2.45) is 0 Å². The molecule has 0 spiro atoms. The van der Waals surface area contributed by atoms with Crippen LogP contribution in [-0.2, 0) is 33.8 Å². The maximum atomic E-state index is 12.7. The van der Waals surface area contributed by atoms with Crippen molar-refractivity contribution in [2.45, 2.75) is 26.4 Å². The lowest BCUT2D eigenvalue weighted by molar-refractivity contribution is -0.142. The average molecular weight is 379 g/mol. The summed E-state index contributed by atoms with van der Waals surface area (Å²) >= 11 is 0. The number of carbonyl (C=O) groups is 2. The van der Waals surface area contributed by atoms with Crippen molar-refractivity contribution in [3.05, 3.63) is 76.2 Å². The summed E-state index contributed by atoms with van der Waals surface area (Å²) in [5, 5.41) is 8.03. The fraction of sp³-hybridized carbons (Fsp3) is 0.238. The van der Waals surface area contributed by atoms with Crippen LogP contribution < -0.4 is 10.9 Å². The van der Waals surface area contributed by atoms with Crippen molar-refractivity contribution in [1.82, 2.24) is 15.1 Å². The number of ether oxygens (including phenoxy) is 1. The quantitative estimate of drug-likeness (QED) is 0.633. The van der Waals surface area contributed by atoms with Crippen molar-refractivity contribution in [3.8, 4) is 0 Å². The number of carbonyl (C=O) groups excluding carboxylic acids is 2. The number of hydrogen-bond donors (Lipinski definition) is 1. The molecule has 7 nitrogen and oxygen atoms in total. The predicted molar refractivity (Wildman–Crippen MR) is 105 cm³/mol. The van der Waals surface area contributed by atoms with E-state index in [0.717, 1.165) is 10.2 Å². The smallest absolute Gasteiger partial charge is 0.311 e. The molecular formula is C21H21N3O4. The maximum absolute atomic E-state index is 12.7. The van der Waals surface area contributed by atoms with E-state index in [1.54, 1.807) is 31.2 Å². The van der Waals surface area contributed by atoms with E-state index in [4.69, 9.17) is 4.74 Å². The SMILES string of the molecule is CCOC(=O)Cc1nn(CC(=O)NCc2ccccc2)c(=O)c2ccccc12. The summed E-state index contributed by atoms with van der Waals surface area (Å²) in [4.78, 5) is 36.9. The molecule has 3 aromatic rings. The molecule has 0 aliphatic heterocycles. The third-order valence-corrected chi connectivity index (χ3v) is 4.19. The van der Waals surface area contributed by atoms with Gasteiger partial charge >= 0.3 is 5.97 Å². The van der Waals surface area contributed by atoms with Crippen molar-refractivity contribution >= 4 is 22.6 Å². The number of rotatable bonds is 7. The highest BCUT2D eigenvalue weighted by Gasteiger charge is 2.15. The van der Waals surface area contributed by atoms with Crippen molar-refractivity contribution in [1.29, 1.82) is 0 Å². The summed E-state index contributed by atoms with van der Waals surface area (Å²) in [6.45, 7) is 2.11. The highest BCUT2D eigenvalue weighted by molar-refractivity contribution is 5.87. The minimum absolute atomic E-state index is 0.0692. The van der Waals surface area contributed by atoms with E-state index in [-0.39, 0.29) is 31.0 Å². The molecule has 0 saturated carbocycles. The van der Waals surface area contributed by atoms with Gasteiger partial charge in [0.15, 0.2) is 0 Å². The van der Waals surface area contributed by atoms with Gasteiger partial charge in [0.1, 0.15) is 6.54 Å². The molecule has 0 aliphatic carbocycles. The Bertz CT molecular complexity index is 1040. The lowest BCUT2D eigenvalue weighted by Gasteiger charge is -2.11. The average Bonchev–Trinajstić information content (AvgIpc) is 2.71. The first-order chi connectivity index (χ1) is 13.6. The fourth-order valence-electron chi connectivity index (χ4n) is 2.88. The molecule has 7 heteroatoms. The highest BCUT2D eigenvalue weighted by Crippen LogP contribution is 2.14. The summed E-state index contributed by atoms with van der Waals surface area (Å²) in [5.74, 6) is -0.769. The van der Waals surface area contributed by atoms with Crippen LogP contribution in [-0.4, -0.2) is 28.3 Å².